The van der Waals surface area contributed by atoms with Crippen molar-refractivity contribution >= 4 is 37.2 Å². The van der Waals surface area contributed by atoms with Crippen molar-refractivity contribution in [1.82, 2.24) is 10.0 Å². The lowest BCUT2D eigenvalue weighted by molar-refractivity contribution is -0.0759. The zero-order valence-corrected chi connectivity index (χ0v) is 17.9. The van der Waals surface area contributed by atoms with E-state index in [2.05, 4.69) is 4.98 Å². The maximum Gasteiger partial charge on any atom is 0.425 e. The highest BCUT2D eigenvalue weighted by Crippen LogP contribution is 2.20. The molecular formula is C18H28BN3O6. The molecule has 1 aromatic heterocycles. The van der Waals surface area contributed by atoms with Crippen LogP contribution in [-0.4, -0.2) is 61.3 Å². The lowest BCUT2D eigenvalue weighted by Gasteiger charge is -2.28. The molecule has 0 spiro atoms. The molecule has 10 heteroatoms. The number of hydrogen-bond acceptors (Lipinski definition) is 7. The second-order valence-corrected chi connectivity index (χ2v) is 8.12. The van der Waals surface area contributed by atoms with Gasteiger partial charge in [-0.3, -0.25) is 9.63 Å². The van der Waals surface area contributed by atoms with Gasteiger partial charge < -0.3 is 9.47 Å². The number of pyridine rings is 1. The number of rotatable bonds is 3. The molecule has 154 valence electrons. The van der Waals surface area contributed by atoms with Crippen LogP contribution in [-0.2, 0) is 14.3 Å². The largest absolute Gasteiger partial charge is 0.443 e. The molecule has 0 bridgehead atoms. The molecule has 1 heterocycles. The molecule has 28 heavy (non-hydrogen) atoms. The predicted molar refractivity (Wildman–Crippen MR) is 106 cm³/mol. The number of ether oxygens (including phenoxy) is 2. The fraction of sp³-hybridized carbons (Fsp3) is 0.556. The van der Waals surface area contributed by atoms with E-state index in [0.717, 1.165) is 5.06 Å². The molecule has 0 aliphatic carbocycles. The van der Waals surface area contributed by atoms with Crippen LogP contribution in [0, 0.1) is 0 Å². The van der Waals surface area contributed by atoms with Gasteiger partial charge in [-0.25, -0.2) is 19.6 Å². The van der Waals surface area contributed by atoms with Crippen LogP contribution in [0.5, 0.6) is 0 Å². The van der Waals surface area contributed by atoms with Gasteiger partial charge in [-0.2, -0.15) is 4.90 Å². The van der Waals surface area contributed by atoms with Crippen molar-refractivity contribution in [3.05, 3.63) is 17.8 Å². The van der Waals surface area contributed by atoms with Crippen LogP contribution >= 0.6 is 0 Å². The summed E-state index contributed by atoms with van der Waals surface area (Å²) in [4.78, 5) is 47.6. The van der Waals surface area contributed by atoms with Crippen molar-refractivity contribution in [3.8, 4) is 0 Å². The molecule has 0 radical (unpaired) electrons. The number of amides is 3. The Bertz CT molecular complexity index is 727. The zero-order valence-electron chi connectivity index (χ0n) is 17.9. The van der Waals surface area contributed by atoms with Crippen LogP contribution in [0.1, 0.15) is 52.0 Å². The number of anilines is 1. The van der Waals surface area contributed by atoms with E-state index in [4.69, 9.17) is 14.3 Å². The average Bonchev–Trinajstić information content (AvgIpc) is 2.51. The van der Waals surface area contributed by atoms with Crippen LogP contribution < -0.4 is 10.4 Å². The molecule has 1 aromatic rings. The van der Waals surface area contributed by atoms with E-state index in [1.165, 1.54) is 20.2 Å². The normalized spacial score (nSPS) is 11.6. The first-order chi connectivity index (χ1) is 12.7. The van der Waals surface area contributed by atoms with E-state index in [1.807, 2.05) is 0 Å². The van der Waals surface area contributed by atoms with Crippen LogP contribution in [0.2, 0.25) is 0 Å². The summed E-state index contributed by atoms with van der Waals surface area (Å²) < 4.78 is 10.6. The van der Waals surface area contributed by atoms with E-state index in [9.17, 15) is 14.4 Å². The summed E-state index contributed by atoms with van der Waals surface area (Å²) in [6.45, 7) is 10.0. The minimum atomic E-state index is -0.961. The highest BCUT2D eigenvalue weighted by atomic mass is 16.7. The van der Waals surface area contributed by atoms with E-state index in [1.54, 1.807) is 55.5 Å². The van der Waals surface area contributed by atoms with Crippen molar-refractivity contribution in [2.75, 3.05) is 19.1 Å². The topological polar surface area (TPSA) is 98.3 Å². The van der Waals surface area contributed by atoms with Crippen molar-refractivity contribution in [2.45, 2.75) is 52.7 Å². The summed E-state index contributed by atoms with van der Waals surface area (Å²) in [5, 5.41) is 0.990. The Morgan fingerprint density at radius 1 is 0.964 bits per heavy atom. The molecule has 0 aliphatic rings. The summed E-state index contributed by atoms with van der Waals surface area (Å²) in [5.41, 5.74) is -1.13. The third kappa shape index (κ3) is 6.52. The second-order valence-electron chi connectivity index (χ2n) is 8.12. The van der Waals surface area contributed by atoms with E-state index in [0.29, 0.717) is 10.4 Å². The lowest BCUT2D eigenvalue weighted by atomic mass is 9.94. The number of hydroxylamine groups is 2. The van der Waals surface area contributed by atoms with Crippen molar-refractivity contribution < 1.29 is 28.7 Å². The van der Waals surface area contributed by atoms with Crippen LogP contribution in [0.4, 0.5) is 15.4 Å². The SMILES string of the molecule is Bc1ccc(N(C(=O)OC(C)(C)C)C(=O)OC(C)(C)C)nc1C(=O)N(C)OC. The Kier molecular flexibility index (Phi) is 7.19. The van der Waals surface area contributed by atoms with Gasteiger partial charge >= 0.3 is 12.2 Å². The molecule has 0 saturated carbocycles. The number of aromatic nitrogens is 1. The molecule has 0 atom stereocenters. The van der Waals surface area contributed by atoms with Gasteiger partial charge in [-0.1, -0.05) is 11.5 Å². The first kappa shape index (κ1) is 23.4. The first-order valence-electron chi connectivity index (χ1n) is 8.72. The van der Waals surface area contributed by atoms with Crippen LogP contribution in [0.25, 0.3) is 0 Å². The van der Waals surface area contributed by atoms with E-state index >= 15 is 0 Å². The molecule has 0 saturated heterocycles. The average molecular weight is 393 g/mol. The fourth-order valence-electron chi connectivity index (χ4n) is 1.97. The zero-order chi connectivity index (χ0) is 21.9. The maximum atomic E-state index is 12.7. The van der Waals surface area contributed by atoms with Crippen molar-refractivity contribution in [1.29, 1.82) is 0 Å². The maximum absolute atomic E-state index is 12.7. The Hall–Kier alpha value is -2.62. The Morgan fingerprint density at radius 3 is 1.82 bits per heavy atom. The van der Waals surface area contributed by atoms with Gasteiger partial charge in [0.25, 0.3) is 5.91 Å². The number of nitrogens with zero attached hydrogens (tertiary/aromatic N) is 3. The quantitative estimate of drug-likeness (QED) is 0.569. The smallest absolute Gasteiger partial charge is 0.425 e. The second kappa shape index (κ2) is 8.60. The predicted octanol–water partition coefficient (Wildman–Crippen LogP) is 1.65. The summed E-state index contributed by atoms with van der Waals surface area (Å²) >= 11 is 0. The van der Waals surface area contributed by atoms with Crippen molar-refractivity contribution in [3.63, 3.8) is 0 Å². The van der Waals surface area contributed by atoms with Gasteiger partial charge in [0.1, 0.15) is 30.6 Å². The number of hydrogen-bond donors (Lipinski definition) is 0. The molecular weight excluding hydrogens is 365 g/mol. The standard InChI is InChI=1S/C18H28BN3O6/c1-17(2,3)27-15(24)22(16(25)28-18(4,5)6)12-10-9-11(19)13(20-12)14(23)21(7)26-8/h9-10H,19H2,1-8H3. The Morgan fingerprint density at radius 2 is 1.43 bits per heavy atom. The minimum Gasteiger partial charge on any atom is -0.443 e. The van der Waals surface area contributed by atoms with Crippen LogP contribution in [0.15, 0.2) is 12.1 Å². The van der Waals surface area contributed by atoms with Gasteiger partial charge in [0.05, 0.1) is 7.11 Å². The summed E-state index contributed by atoms with van der Waals surface area (Å²) in [7, 11) is 4.44. The van der Waals surface area contributed by atoms with Gasteiger partial charge in [-0.05, 0) is 47.6 Å². The summed E-state index contributed by atoms with van der Waals surface area (Å²) in [5.74, 6) is -0.628. The highest BCUT2D eigenvalue weighted by Gasteiger charge is 2.34. The molecule has 0 aliphatic heterocycles. The molecule has 3 amide bonds. The summed E-state index contributed by atoms with van der Waals surface area (Å²) in [6.07, 6.45) is -1.92. The van der Waals surface area contributed by atoms with Crippen molar-refractivity contribution in [2.24, 2.45) is 0 Å². The molecule has 0 aromatic carbocycles. The molecule has 0 fully saturated rings. The fourth-order valence-corrected chi connectivity index (χ4v) is 1.97. The summed E-state index contributed by atoms with van der Waals surface area (Å²) in [6, 6.07) is 3.01. The Balaban J connectivity index is 3.43. The number of carbonyl (C=O) groups is 3. The van der Waals surface area contributed by atoms with Gasteiger partial charge in [-0.15, -0.1) is 0 Å². The Labute approximate surface area is 166 Å². The molecule has 9 nitrogen and oxygen atoms in total. The minimum absolute atomic E-state index is 0.0268. The molecule has 1 rings (SSSR count). The van der Waals surface area contributed by atoms with E-state index < -0.39 is 29.3 Å². The van der Waals surface area contributed by atoms with Gasteiger partial charge in [0, 0.05) is 7.05 Å². The third-order valence-corrected chi connectivity index (χ3v) is 3.23. The molecule has 0 unspecified atom stereocenters. The van der Waals surface area contributed by atoms with Crippen LogP contribution in [0.3, 0.4) is 0 Å². The monoisotopic (exact) mass is 393 g/mol. The van der Waals surface area contributed by atoms with Gasteiger partial charge in [0.2, 0.25) is 0 Å². The third-order valence-electron chi connectivity index (χ3n) is 3.23. The van der Waals surface area contributed by atoms with E-state index in [-0.39, 0.29) is 11.5 Å². The number of imide groups is 1. The lowest BCUT2D eigenvalue weighted by Crippen LogP contribution is -2.44. The molecule has 0 N–H and O–H groups in total. The van der Waals surface area contributed by atoms with Gasteiger partial charge in [0.15, 0.2) is 0 Å². The number of carbonyl (C=O) groups excluding carboxylic acids is 3. The highest BCUT2D eigenvalue weighted by molar-refractivity contribution is 6.36. The first-order valence-corrected chi connectivity index (χ1v) is 8.72.